The molecule has 0 N–H and O–H groups in total. The quantitative estimate of drug-likeness (QED) is 0.584. The molecule has 0 heteroatoms. The second-order valence-electron chi connectivity index (χ2n) is 6.72. The molecule has 2 fully saturated rings. The molecule has 0 radical (unpaired) electrons. The van der Waals surface area contributed by atoms with Gasteiger partial charge in [0, 0.05) is 0 Å². The molecule has 2 aliphatic rings. The molecular formula is C15H28. The fourth-order valence-electron chi connectivity index (χ4n) is 4.11. The van der Waals surface area contributed by atoms with Crippen molar-refractivity contribution in [2.24, 2.45) is 35.5 Å². The maximum absolute atomic E-state index is 2.48. The predicted octanol–water partition coefficient (Wildman–Crippen LogP) is 4.74. The Morgan fingerprint density at radius 2 is 1.27 bits per heavy atom. The average Bonchev–Trinajstić information content (AvgIpc) is 2.60. The van der Waals surface area contributed by atoms with E-state index in [0.29, 0.717) is 0 Å². The topological polar surface area (TPSA) is 0 Å². The summed E-state index contributed by atoms with van der Waals surface area (Å²) in [6, 6.07) is 0. The van der Waals surface area contributed by atoms with Crippen LogP contribution in [0, 0.1) is 35.5 Å². The van der Waals surface area contributed by atoms with E-state index in [2.05, 4.69) is 27.7 Å². The summed E-state index contributed by atoms with van der Waals surface area (Å²) in [5.74, 6) is 6.05. The lowest BCUT2D eigenvalue weighted by atomic mass is 9.66. The first kappa shape index (κ1) is 11.5. The Balaban J connectivity index is 1.94. The summed E-state index contributed by atoms with van der Waals surface area (Å²) < 4.78 is 0. The molecule has 0 aromatic rings. The Bertz CT molecular complexity index is 196. The summed E-state index contributed by atoms with van der Waals surface area (Å²) in [7, 11) is 0. The van der Waals surface area contributed by atoms with E-state index in [1.54, 1.807) is 0 Å². The first-order valence-electron chi connectivity index (χ1n) is 7.08. The molecule has 2 rings (SSSR count). The van der Waals surface area contributed by atoms with Gasteiger partial charge in [0.25, 0.3) is 0 Å². The van der Waals surface area contributed by atoms with Crippen LogP contribution in [0.5, 0.6) is 0 Å². The van der Waals surface area contributed by atoms with Crippen LogP contribution < -0.4 is 0 Å². The highest BCUT2D eigenvalue weighted by atomic mass is 14.4. The Hall–Kier alpha value is 0. The average molecular weight is 208 g/mol. The van der Waals surface area contributed by atoms with Crippen LogP contribution in [0.15, 0.2) is 0 Å². The molecule has 2 aliphatic carbocycles. The molecule has 0 aromatic carbocycles. The normalized spacial score (nSPS) is 52.0. The van der Waals surface area contributed by atoms with E-state index in [1.807, 2.05) is 0 Å². The standard InChI is InChI=1S/C15H28/c1-10-5-6-14(7-10)15-8-11(2)13(4)12(3)9-15/h10-15H,5-9H2,1-4H3. The molecular weight excluding hydrogens is 180 g/mol. The van der Waals surface area contributed by atoms with Crippen molar-refractivity contribution in [3.05, 3.63) is 0 Å². The van der Waals surface area contributed by atoms with E-state index in [-0.39, 0.29) is 0 Å². The Labute approximate surface area is 95.8 Å². The third kappa shape index (κ3) is 2.40. The first-order chi connectivity index (χ1) is 7.08. The highest BCUT2D eigenvalue weighted by Crippen LogP contribution is 2.46. The number of rotatable bonds is 1. The van der Waals surface area contributed by atoms with E-state index in [9.17, 15) is 0 Å². The smallest absolute Gasteiger partial charge is 0.0380 e. The second kappa shape index (κ2) is 4.47. The molecule has 0 bridgehead atoms. The lowest BCUT2D eigenvalue weighted by molar-refractivity contribution is 0.104. The summed E-state index contributed by atoms with van der Waals surface area (Å²) in [6.45, 7) is 9.86. The second-order valence-corrected chi connectivity index (χ2v) is 6.72. The third-order valence-electron chi connectivity index (χ3n) is 5.55. The Morgan fingerprint density at radius 3 is 1.73 bits per heavy atom. The van der Waals surface area contributed by atoms with Crippen molar-refractivity contribution in [3.8, 4) is 0 Å². The SMILES string of the molecule is CC1CCC(C2CC(C)C(C)C(C)C2)C1. The van der Waals surface area contributed by atoms with Crippen molar-refractivity contribution in [2.45, 2.75) is 59.8 Å². The zero-order valence-electron chi connectivity index (χ0n) is 11.0. The first-order valence-corrected chi connectivity index (χ1v) is 7.08. The van der Waals surface area contributed by atoms with Crippen LogP contribution in [0.3, 0.4) is 0 Å². The molecule has 15 heavy (non-hydrogen) atoms. The van der Waals surface area contributed by atoms with Gasteiger partial charge in [-0.05, 0) is 61.2 Å². The molecule has 0 spiro atoms. The largest absolute Gasteiger partial charge is 0.0625 e. The molecule has 2 saturated carbocycles. The van der Waals surface area contributed by atoms with E-state index < -0.39 is 0 Å². The zero-order chi connectivity index (χ0) is 11.0. The molecule has 88 valence electrons. The Morgan fingerprint density at radius 1 is 0.667 bits per heavy atom. The van der Waals surface area contributed by atoms with Crippen LogP contribution in [-0.2, 0) is 0 Å². The summed E-state index contributed by atoms with van der Waals surface area (Å²) in [4.78, 5) is 0. The van der Waals surface area contributed by atoms with Gasteiger partial charge >= 0.3 is 0 Å². The molecule has 0 nitrogen and oxygen atoms in total. The van der Waals surface area contributed by atoms with E-state index in [1.165, 1.54) is 32.1 Å². The highest BCUT2D eigenvalue weighted by Gasteiger charge is 2.36. The maximum Gasteiger partial charge on any atom is -0.0380 e. The van der Waals surface area contributed by atoms with Crippen LogP contribution in [0.1, 0.15) is 59.8 Å². The Kier molecular flexibility index (Phi) is 3.42. The summed E-state index contributed by atoms with van der Waals surface area (Å²) >= 11 is 0. The molecule has 0 aromatic heterocycles. The van der Waals surface area contributed by atoms with Gasteiger partial charge in [0.1, 0.15) is 0 Å². The minimum Gasteiger partial charge on any atom is -0.0625 e. The van der Waals surface area contributed by atoms with Crippen molar-refractivity contribution in [1.82, 2.24) is 0 Å². The summed E-state index contributed by atoms with van der Waals surface area (Å²) in [6.07, 6.45) is 7.59. The summed E-state index contributed by atoms with van der Waals surface area (Å²) in [5, 5.41) is 0. The van der Waals surface area contributed by atoms with Crippen molar-refractivity contribution < 1.29 is 0 Å². The van der Waals surface area contributed by atoms with Crippen molar-refractivity contribution in [2.75, 3.05) is 0 Å². The lowest BCUT2D eigenvalue weighted by Gasteiger charge is -2.40. The van der Waals surface area contributed by atoms with Gasteiger partial charge in [-0.1, -0.05) is 34.1 Å². The van der Waals surface area contributed by atoms with E-state index >= 15 is 0 Å². The monoisotopic (exact) mass is 208 g/mol. The minimum absolute atomic E-state index is 0.958. The predicted molar refractivity (Wildman–Crippen MR) is 66.7 cm³/mol. The van der Waals surface area contributed by atoms with Gasteiger partial charge < -0.3 is 0 Å². The highest BCUT2D eigenvalue weighted by molar-refractivity contribution is 4.86. The maximum atomic E-state index is 2.48. The molecule has 0 aliphatic heterocycles. The summed E-state index contributed by atoms with van der Waals surface area (Å²) in [5.41, 5.74) is 0. The van der Waals surface area contributed by atoms with Crippen LogP contribution >= 0.6 is 0 Å². The molecule has 0 amide bonds. The van der Waals surface area contributed by atoms with Gasteiger partial charge in [0.2, 0.25) is 0 Å². The van der Waals surface area contributed by atoms with Crippen LogP contribution in [0.25, 0.3) is 0 Å². The van der Waals surface area contributed by atoms with Crippen LogP contribution in [0.2, 0.25) is 0 Å². The van der Waals surface area contributed by atoms with Crippen molar-refractivity contribution in [3.63, 3.8) is 0 Å². The minimum atomic E-state index is 0.958. The van der Waals surface area contributed by atoms with Gasteiger partial charge in [0.05, 0.1) is 0 Å². The molecule has 4 unspecified atom stereocenters. The van der Waals surface area contributed by atoms with Crippen molar-refractivity contribution in [1.29, 1.82) is 0 Å². The lowest BCUT2D eigenvalue weighted by Crippen LogP contribution is -2.31. The van der Waals surface area contributed by atoms with E-state index in [4.69, 9.17) is 0 Å². The molecule has 4 atom stereocenters. The van der Waals surface area contributed by atoms with Crippen LogP contribution in [0.4, 0.5) is 0 Å². The zero-order valence-corrected chi connectivity index (χ0v) is 11.0. The number of hydrogen-bond donors (Lipinski definition) is 0. The van der Waals surface area contributed by atoms with E-state index in [0.717, 1.165) is 35.5 Å². The fourth-order valence-corrected chi connectivity index (χ4v) is 4.11. The molecule has 0 saturated heterocycles. The molecule has 0 heterocycles. The van der Waals surface area contributed by atoms with Gasteiger partial charge in [-0.3, -0.25) is 0 Å². The van der Waals surface area contributed by atoms with Gasteiger partial charge in [-0.15, -0.1) is 0 Å². The van der Waals surface area contributed by atoms with Gasteiger partial charge in [0.15, 0.2) is 0 Å². The van der Waals surface area contributed by atoms with Gasteiger partial charge in [-0.25, -0.2) is 0 Å². The number of hydrogen-bond acceptors (Lipinski definition) is 0. The van der Waals surface area contributed by atoms with Crippen LogP contribution in [-0.4, -0.2) is 0 Å². The third-order valence-corrected chi connectivity index (χ3v) is 5.55. The fraction of sp³-hybridized carbons (Fsp3) is 1.00. The van der Waals surface area contributed by atoms with Gasteiger partial charge in [-0.2, -0.15) is 0 Å². The van der Waals surface area contributed by atoms with Crippen molar-refractivity contribution >= 4 is 0 Å².